The van der Waals surface area contributed by atoms with E-state index in [0.29, 0.717) is 31.1 Å². The van der Waals surface area contributed by atoms with Gasteiger partial charge < -0.3 is 19.8 Å². The third kappa shape index (κ3) is 4.12. The molecule has 2 aromatic carbocycles. The molecule has 0 atom stereocenters. The predicted octanol–water partition coefficient (Wildman–Crippen LogP) is 3.22. The third-order valence-corrected chi connectivity index (χ3v) is 4.03. The Morgan fingerprint density at radius 2 is 2.00 bits per heavy atom. The Morgan fingerprint density at radius 1 is 1.16 bits per heavy atom. The summed E-state index contributed by atoms with van der Waals surface area (Å²) in [5, 5.41) is 3.97. The minimum absolute atomic E-state index is 0.0239. The first-order chi connectivity index (χ1) is 12.2. The maximum atomic E-state index is 12.1. The van der Waals surface area contributed by atoms with Crippen LogP contribution >= 0.6 is 0 Å². The first kappa shape index (κ1) is 16.9. The molecule has 0 aliphatic heterocycles. The summed E-state index contributed by atoms with van der Waals surface area (Å²) in [5.41, 5.74) is 3.14. The molecule has 1 amide bonds. The normalized spacial score (nSPS) is 10.6. The summed E-state index contributed by atoms with van der Waals surface area (Å²) in [4.78, 5) is 15.3. The van der Waals surface area contributed by atoms with Gasteiger partial charge in [0.15, 0.2) is 11.5 Å². The van der Waals surface area contributed by atoms with Gasteiger partial charge in [0.2, 0.25) is 5.91 Å². The van der Waals surface area contributed by atoms with Crippen molar-refractivity contribution < 1.29 is 14.3 Å². The van der Waals surface area contributed by atoms with Gasteiger partial charge in [0.1, 0.15) is 6.61 Å². The highest BCUT2D eigenvalue weighted by molar-refractivity contribution is 5.88. The average Bonchev–Trinajstić information content (AvgIpc) is 3.02. The zero-order valence-corrected chi connectivity index (χ0v) is 14.5. The number of hydrogen-bond acceptors (Lipinski definition) is 3. The van der Waals surface area contributed by atoms with Gasteiger partial charge in [-0.2, -0.15) is 0 Å². The summed E-state index contributed by atoms with van der Waals surface area (Å²) in [6.07, 6.45) is 2.23. The second-order valence-electron chi connectivity index (χ2n) is 5.89. The summed E-state index contributed by atoms with van der Waals surface area (Å²) < 4.78 is 11.0. The van der Waals surface area contributed by atoms with Crippen LogP contribution in [0, 0.1) is 6.92 Å². The monoisotopic (exact) mass is 338 g/mol. The quantitative estimate of drug-likeness (QED) is 0.650. The van der Waals surface area contributed by atoms with E-state index in [2.05, 4.69) is 10.3 Å². The number of nitrogens with one attached hydrogen (secondary N) is 2. The van der Waals surface area contributed by atoms with Crippen molar-refractivity contribution in [3.63, 3.8) is 0 Å². The molecule has 5 nitrogen and oxygen atoms in total. The fourth-order valence-electron chi connectivity index (χ4n) is 2.76. The molecule has 0 unspecified atom stereocenters. The lowest BCUT2D eigenvalue weighted by Crippen LogP contribution is -2.29. The molecular weight excluding hydrogens is 316 g/mol. The topological polar surface area (TPSA) is 63.4 Å². The molecule has 0 fully saturated rings. The average molecular weight is 338 g/mol. The van der Waals surface area contributed by atoms with Gasteiger partial charge in [-0.05, 0) is 36.2 Å². The number of aryl methyl sites for hydroxylation is 1. The van der Waals surface area contributed by atoms with Crippen LogP contribution in [0.15, 0.2) is 48.7 Å². The number of fused-ring (bicyclic) bond motifs is 1. The smallest absolute Gasteiger partial charge is 0.224 e. The Morgan fingerprint density at radius 3 is 2.84 bits per heavy atom. The SMILES string of the molecule is COc1cc(C)ccc1OCCNC(=O)Cc1c[nH]c2ccccc12. The van der Waals surface area contributed by atoms with Crippen molar-refractivity contribution in [2.45, 2.75) is 13.3 Å². The third-order valence-electron chi connectivity index (χ3n) is 4.03. The summed E-state index contributed by atoms with van der Waals surface area (Å²) in [6, 6.07) is 13.7. The highest BCUT2D eigenvalue weighted by Crippen LogP contribution is 2.27. The van der Waals surface area contributed by atoms with Crippen molar-refractivity contribution in [1.82, 2.24) is 10.3 Å². The van der Waals surface area contributed by atoms with E-state index < -0.39 is 0 Å². The molecule has 25 heavy (non-hydrogen) atoms. The van der Waals surface area contributed by atoms with Gasteiger partial charge in [-0.1, -0.05) is 24.3 Å². The first-order valence-electron chi connectivity index (χ1n) is 8.26. The maximum Gasteiger partial charge on any atom is 0.224 e. The number of H-pyrrole nitrogens is 1. The Kier molecular flexibility index (Phi) is 5.23. The van der Waals surface area contributed by atoms with Crippen LogP contribution in [-0.4, -0.2) is 31.2 Å². The van der Waals surface area contributed by atoms with Crippen molar-refractivity contribution in [2.24, 2.45) is 0 Å². The van der Waals surface area contributed by atoms with Crippen LogP contribution in [0.5, 0.6) is 11.5 Å². The fraction of sp³-hybridized carbons (Fsp3) is 0.250. The van der Waals surface area contributed by atoms with Gasteiger partial charge in [-0.15, -0.1) is 0 Å². The minimum atomic E-state index is -0.0239. The van der Waals surface area contributed by atoms with Gasteiger partial charge >= 0.3 is 0 Å². The van der Waals surface area contributed by atoms with E-state index in [1.54, 1.807) is 7.11 Å². The standard InChI is InChI=1S/C20H22N2O3/c1-14-7-8-18(19(11-14)24-2)25-10-9-21-20(23)12-15-13-22-17-6-4-3-5-16(15)17/h3-8,11,13,22H,9-10,12H2,1-2H3,(H,21,23). The molecule has 0 bridgehead atoms. The largest absolute Gasteiger partial charge is 0.493 e. The molecule has 0 aliphatic rings. The van der Waals surface area contributed by atoms with E-state index in [0.717, 1.165) is 22.0 Å². The number of ether oxygens (including phenoxy) is 2. The molecule has 0 radical (unpaired) electrons. The van der Waals surface area contributed by atoms with Crippen LogP contribution < -0.4 is 14.8 Å². The van der Waals surface area contributed by atoms with Crippen molar-refractivity contribution in [3.8, 4) is 11.5 Å². The Labute approximate surface area is 147 Å². The number of amides is 1. The van der Waals surface area contributed by atoms with E-state index in [-0.39, 0.29) is 5.91 Å². The zero-order valence-electron chi connectivity index (χ0n) is 14.5. The number of carbonyl (C=O) groups excluding carboxylic acids is 1. The number of hydrogen-bond donors (Lipinski definition) is 2. The van der Waals surface area contributed by atoms with Crippen LogP contribution in [0.4, 0.5) is 0 Å². The molecule has 0 saturated carbocycles. The van der Waals surface area contributed by atoms with E-state index >= 15 is 0 Å². The number of para-hydroxylation sites is 1. The van der Waals surface area contributed by atoms with Crippen LogP contribution in [0.25, 0.3) is 10.9 Å². The lowest BCUT2D eigenvalue weighted by molar-refractivity contribution is -0.120. The zero-order chi connectivity index (χ0) is 17.6. The predicted molar refractivity (Wildman–Crippen MR) is 98.2 cm³/mol. The van der Waals surface area contributed by atoms with Crippen LogP contribution in [0.3, 0.4) is 0 Å². The highest BCUT2D eigenvalue weighted by Gasteiger charge is 2.09. The van der Waals surface area contributed by atoms with Crippen molar-refractivity contribution in [3.05, 3.63) is 59.8 Å². The molecule has 0 saturated heterocycles. The fourth-order valence-corrected chi connectivity index (χ4v) is 2.76. The van der Waals surface area contributed by atoms with E-state index in [9.17, 15) is 4.79 Å². The van der Waals surface area contributed by atoms with E-state index in [1.807, 2.05) is 55.6 Å². The minimum Gasteiger partial charge on any atom is -0.493 e. The molecule has 0 aliphatic carbocycles. The van der Waals surface area contributed by atoms with Gasteiger partial charge in [0.05, 0.1) is 20.1 Å². The Balaban J connectivity index is 1.48. The first-order valence-corrected chi connectivity index (χ1v) is 8.26. The highest BCUT2D eigenvalue weighted by atomic mass is 16.5. The Hall–Kier alpha value is -2.95. The second-order valence-corrected chi connectivity index (χ2v) is 5.89. The van der Waals surface area contributed by atoms with Crippen LogP contribution in [0.1, 0.15) is 11.1 Å². The maximum absolute atomic E-state index is 12.1. The van der Waals surface area contributed by atoms with Crippen molar-refractivity contribution in [1.29, 1.82) is 0 Å². The molecule has 2 N–H and O–H groups in total. The van der Waals surface area contributed by atoms with Gasteiger partial charge in [0.25, 0.3) is 0 Å². The van der Waals surface area contributed by atoms with Crippen LogP contribution in [-0.2, 0) is 11.2 Å². The van der Waals surface area contributed by atoms with Crippen molar-refractivity contribution in [2.75, 3.05) is 20.3 Å². The molecule has 3 aromatic rings. The number of rotatable bonds is 7. The number of benzene rings is 2. The summed E-state index contributed by atoms with van der Waals surface area (Å²) in [7, 11) is 1.62. The van der Waals surface area contributed by atoms with Crippen LogP contribution in [0.2, 0.25) is 0 Å². The number of carbonyl (C=O) groups is 1. The molecular formula is C20H22N2O3. The summed E-state index contributed by atoms with van der Waals surface area (Å²) in [5.74, 6) is 1.35. The lowest BCUT2D eigenvalue weighted by atomic mass is 10.1. The number of aromatic nitrogens is 1. The lowest BCUT2D eigenvalue weighted by Gasteiger charge is -2.11. The Bertz CT molecular complexity index is 870. The van der Waals surface area contributed by atoms with Crippen molar-refractivity contribution >= 4 is 16.8 Å². The molecule has 0 spiro atoms. The van der Waals surface area contributed by atoms with Gasteiger partial charge in [0, 0.05) is 17.1 Å². The van der Waals surface area contributed by atoms with Gasteiger partial charge in [-0.25, -0.2) is 0 Å². The molecule has 3 rings (SSSR count). The van der Waals surface area contributed by atoms with Gasteiger partial charge in [-0.3, -0.25) is 4.79 Å². The van der Waals surface area contributed by atoms with E-state index in [4.69, 9.17) is 9.47 Å². The molecule has 5 heteroatoms. The molecule has 1 aromatic heterocycles. The number of methoxy groups -OCH3 is 1. The number of aromatic amines is 1. The summed E-state index contributed by atoms with van der Waals surface area (Å²) in [6.45, 7) is 2.83. The second kappa shape index (κ2) is 7.75. The molecule has 1 heterocycles. The summed E-state index contributed by atoms with van der Waals surface area (Å²) >= 11 is 0. The van der Waals surface area contributed by atoms with E-state index in [1.165, 1.54) is 0 Å². The molecule has 130 valence electrons.